The largest absolute Gasteiger partial charge is 0.326 e. The zero-order chi connectivity index (χ0) is 15.5. The van der Waals surface area contributed by atoms with Crippen LogP contribution in [0.4, 0.5) is 5.69 Å². The van der Waals surface area contributed by atoms with Crippen molar-refractivity contribution in [2.75, 3.05) is 5.32 Å². The number of rotatable bonds is 5. The molecule has 1 aliphatic rings. The Balaban J connectivity index is 1.59. The van der Waals surface area contributed by atoms with Gasteiger partial charge in [0.15, 0.2) is 0 Å². The first-order valence-electron chi connectivity index (χ1n) is 8.14. The van der Waals surface area contributed by atoms with Gasteiger partial charge in [0, 0.05) is 11.6 Å². The first kappa shape index (κ1) is 14.8. The summed E-state index contributed by atoms with van der Waals surface area (Å²) in [6, 6.07) is 18.6. The van der Waals surface area contributed by atoms with Gasteiger partial charge in [-0.15, -0.1) is 0 Å². The van der Waals surface area contributed by atoms with Crippen LogP contribution in [0.1, 0.15) is 49.7 Å². The van der Waals surface area contributed by atoms with E-state index in [1.54, 1.807) is 0 Å². The van der Waals surface area contributed by atoms with Crippen LogP contribution in [0, 0.1) is 5.92 Å². The molecule has 0 radical (unpaired) electrons. The first-order valence-corrected chi connectivity index (χ1v) is 8.14. The van der Waals surface area contributed by atoms with E-state index < -0.39 is 0 Å². The van der Waals surface area contributed by atoms with Gasteiger partial charge in [0.05, 0.1) is 0 Å². The van der Waals surface area contributed by atoms with Crippen molar-refractivity contribution < 1.29 is 4.79 Å². The van der Waals surface area contributed by atoms with Crippen molar-refractivity contribution in [3.05, 3.63) is 65.7 Å². The van der Waals surface area contributed by atoms with E-state index in [0.29, 0.717) is 11.8 Å². The average Bonchev–Trinajstić information content (AvgIpc) is 3.36. The Morgan fingerprint density at radius 2 is 1.82 bits per heavy atom. The van der Waals surface area contributed by atoms with E-state index in [1.165, 1.54) is 11.1 Å². The summed E-state index contributed by atoms with van der Waals surface area (Å²) < 4.78 is 0. The summed E-state index contributed by atoms with van der Waals surface area (Å²) in [7, 11) is 0. The highest BCUT2D eigenvalue weighted by Crippen LogP contribution is 2.47. The van der Waals surface area contributed by atoms with E-state index in [-0.39, 0.29) is 11.8 Å². The molecule has 0 saturated heterocycles. The van der Waals surface area contributed by atoms with Crippen LogP contribution >= 0.6 is 0 Å². The monoisotopic (exact) mass is 293 g/mol. The molecule has 3 rings (SSSR count). The molecule has 0 heterocycles. The fourth-order valence-corrected chi connectivity index (χ4v) is 2.92. The standard InChI is InChI=1S/C20H23NO/c1-3-14(2)15-9-11-17(12-10-15)21-20(22)19-13-18(19)16-7-5-4-6-8-16/h4-12,14,18-19H,3,13H2,1-2H3,(H,21,22)/t14-,18+,19-/m0/s1. The number of carbonyl (C=O) groups excluding carboxylic acids is 1. The van der Waals surface area contributed by atoms with E-state index in [0.717, 1.165) is 18.5 Å². The molecule has 22 heavy (non-hydrogen) atoms. The van der Waals surface area contributed by atoms with Gasteiger partial charge in [-0.2, -0.15) is 0 Å². The van der Waals surface area contributed by atoms with E-state index in [9.17, 15) is 4.79 Å². The van der Waals surface area contributed by atoms with Gasteiger partial charge in [0.25, 0.3) is 0 Å². The number of hydrogen-bond acceptors (Lipinski definition) is 1. The molecular formula is C20H23NO. The normalized spacial score (nSPS) is 21.2. The third-order valence-corrected chi connectivity index (χ3v) is 4.71. The van der Waals surface area contributed by atoms with Crippen LogP contribution in [0.2, 0.25) is 0 Å². The quantitative estimate of drug-likeness (QED) is 0.831. The van der Waals surface area contributed by atoms with E-state index >= 15 is 0 Å². The Labute approximate surface area is 132 Å². The molecule has 1 fully saturated rings. The number of amides is 1. The van der Waals surface area contributed by atoms with Gasteiger partial charge >= 0.3 is 0 Å². The number of benzene rings is 2. The Bertz CT molecular complexity index is 633. The van der Waals surface area contributed by atoms with Gasteiger partial charge in [0.1, 0.15) is 0 Å². The second-order valence-electron chi connectivity index (χ2n) is 6.28. The molecule has 1 N–H and O–H groups in total. The minimum absolute atomic E-state index is 0.122. The topological polar surface area (TPSA) is 29.1 Å². The lowest BCUT2D eigenvalue weighted by Gasteiger charge is -2.10. The Morgan fingerprint density at radius 1 is 1.14 bits per heavy atom. The molecule has 2 nitrogen and oxygen atoms in total. The maximum Gasteiger partial charge on any atom is 0.228 e. The molecule has 114 valence electrons. The number of carbonyl (C=O) groups is 1. The van der Waals surface area contributed by atoms with E-state index in [4.69, 9.17) is 0 Å². The molecule has 0 spiro atoms. The molecule has 2 heteroatoms. The molecular weight excluding hydrogens is 270 g/mol. The molecule has 0 unspecified atom stereocenters. The lowest BCUT2D eigenvalue weighted by molar-refractivity contribution is -0.117. The van der Waals surface area contributed by atoms with Crippen LogP contribution in [0.15, 0.2) is 54.6 Å². The van der Waals surface area contributed by atoms with Gasteiger partial charge in [-0.05, 0) is 47.9 Å². The summed E-state index contributed by atoms with van der Waals surface area (Å²) in [6.07, 6.45) is 2.09. The van der Waals surface area contributed by atoms with Crippen molar-refractivity contribution in [1.29, 1.82) is 0 Å². The van der Waals surface area contributed by atoms with Crippen LogP contribution in [-0.2, 0) is 4.79 Å². The zero-order valence-corrected chi connectivity index (χ0v) is 13.3. The molecule has 0 bridgehead atoms. The lowest BCUT2D eigenvalue weighted by Crippen LogP contribution is -2.14. The van der Waals surface area contributed by atoms with Crippen LogP contribution in [-0.4, -0.2) is 5.91 Å². The average molecular weight is 293 g/mol. The number of anilines is 1. The van der Waals surface area contributed by atoms with Crippen LogP contribution in [0.5, 0.6) is 0 Å². The fourth-order valence-electron chi connectivity index (χ4n) is 2.92. The van der Waals surface area contributed by atoms with E-state index in [1.807, 2.05) is 30.3 Å². The minimum Gasteiger partial charge on any atom is -0.326 e. The van der Waals surface area contributed by atoms with Crippen molar-refractivity contribution in [3.63, 3.8) is 0 Å². The Kier molecular flexibility index (Phi) is 4.28. The highest BCUT2D eigenvalue weighted by molar-refractivity contribution is 5.95. The predicted octanol–water partition coefficient (Wildman–Crippen LogP) is 4.94. The molecule has 0 aromatic heterocycles. The van der Waals surface area contributed by atoms with Crippen LogP contribution < -0.4 is 5.32 Å². The summed E-state index contributed by atoms with van der Waals surface area (Å²) >= 11 is 0. The van der Waals surface area contributed by atoms with Crippen molar-refractivity contribution in [2.24, 2.45) is 5.92 Å². The second-order valence-corrected chi connectivity index (χ2v) is 6.28. The molecule has 2 aromatic rings. The van der Waals surface area contributed by atoms with Gasteiger partial charge in [-0.3, -0.25) is 4.79 Å². The lowest BCUT2D eigenvalue weighted by atomic mass is 9.98. The summed E-state index contributed by atoms with van der Waals surface area (Å²) in [4.78, 5) is 12.3. The summed E-state index contributed by atoms with van der Waals surface area (Å²) in [6.45, 7) is 4.42. The molecule has 3 atom stereocenters. The number of hydrogen-bond donors (Lipinski definition) is 1. The van der Waals surface area contributed by atoms with E-state index in [2.05, 4.69) is 43.4 Å². The molecule has 1 saturated carbocycles. The Hall–Kier alpha value is -2.09. The van der Waals surface area contributed by atoms with Crippen molar-refractivity contribution in [1.82, 2.24) is 0 Å². The highest BCUT2D eigenvalue weighted by Gasteiger charge is 2.43. The minimum atomic E-state index is 0.122. The predicted molar refractivity (Wildman–Crippen MR) is 91.1 cm³/mol. The zero-order valence-electron chi connectivity index (χ0n) is 13.3. The summed E-state index contributed by atoms with van der Waals surface area (Å²) in [5.74, 6) is 1.22. The third kappa shape index (κ3) is 3.22. The smallest absolute Gasteiger partial charge is 0.228 e. The third-order valence-electron chi connectivity index (χ3n) is 4.71. The second kappa shape index (κ2) is 6.35. The van der Waals surface area contributed by atoms with Crippen molar-refractivity contribution in [3.8, 4) is 0 Å². The highest BCUT2D eigenvalue weighted by atomic mass is 16.2. The SMILES string of the molecule is CC[C@H](C)c1ccc(NC(=O)[C@H]2C[C@@H]2c2ccccc2)cc1. The van der Waals surface area contributed by atoms with Gasteiger partial charge in [-0.25, -0.2) is 0 Å². The Morgan fingerprint density at radius 3 is 2.45 bits per heavy atom. The first-order chi connectivity index (χ1) is 10.7. The number of nitrogens with one attached hydrogen (secondary N) is 1. The maximum atomic E-state index is 12.3. The molecule has 0 aliphatic heterocycles. The summed E-state index contributed by atoms with van der Waals surface area (Å²) in [5, 5.41) is 3.05. The maximum absolute atomic E-state index is 12.3. The van der Waals surface area contributed by atoms with Crippen LogP contribution in [0.25, 0.3) is 0 Å². The fraction of sp³-hybridized carbons (Fsp3) is 0.350. The molecule has 1 amide bonds. The van der Waals surface area contributed by atoms with Gasteiger partial charge < -0.3 is 5.32 Å². The van der Waals surface area contributed by atoms with Gasteiger partial charge in [-0.1, -0.05) is 56.3 Å². The molecule has 2 aromatic carbocycles. The summed E-state index contributed by atoms with van der Waals surface area (Å²) in [5.41, 5.74) is 3.50. The van der Waals surface area contributed by atoms with Crippen molar-refractivity contribution >= 4 is 11.6 Å². The molecule has 1 aliphatic carbocycles. The van der Waals surface area contributed by atoms with Crippen molar-refractivity contribution in [2.45, 2.75) is 38.5 Å². The van der Waals surface area contributed by atoms with Crippen LogP contribution in [0.3, 0.4) is 0 Å². The van der Waals surface area contributed by atoms with Gasteiger partial charge in [0.2, 0.25) is 5.91 Å².